The lowest BCUT2D eigenvalue weighted by atomic mass is 9.92. The first-order chi connectivity index (χ1) is 14.0. The molecule has 3 aromatic heterocycles. The van der Waals surface area contributed by atoms with Crippen LogP contribution in [0.5, 0.6) is 0 Å². The molecule has 0 bridgehead atoms. The van der Waals surface area contributed by atoms with Crippen LogP contribution in [-0.4, -0.2) is 49.0 Å². The number of hydrogen-bond donors (Lipinski definition) is 0. The molecule has 29 heavy (non-hydrogen) atoms. The van der Waals surface area contributed by atoms with Crippen LogP contribution in [0.1, 0.15) is 46.3 Å². The Morgan fingerprint density at radius 3 is 2.86 bits per heavy atom. The second-order valence-corrected chi connectivity index (χ2v) is 7.55. The fraction of sp³-hybridized carbons (Fsp3) is 0.429. The molecule has 1 fully saturated rings. The summed E-state index contributed by atoms with van der Waals surface area (Å²) in [5, 5.41) is 4.01. The highest BCUT2D eigenvalue weighted by atomic mass is 16.5. The van der Waals surface area contributed by atoms with Gasteiger partial charge in [0, 0.05) is 25.0 Å². The van der Waals surface area contributed by atoms with Gasteiger partial charge in [-0.15, -0.1) is 0 Å². The summed E-state index contributed by atoms with van der Waals surface area (Å²) >= 11 is 0. The number of aromatic nitrogens is 5. The third-order valence-electron chi connectivity index (χ3n) is 5.31. The van der Waals surface area contributed by atoms with Gasteiger partial charge in [-0.3, -0.25) is 4.79 Å². The van der Waals surface area contributed by atoms with E-state index in [2.05, 4.69) is 25.1 Å². The lowest BCUT2D eigenvalue weighted by molar-refractivity contribution is 0.0666. The lowest BCUT2D eigenvalue weighted by Crippen LogP contribution is -2.41. The number of hydrogen-bond acceptors (Lipinski definition) is 7. The lowest BCUT2D eigenvalue weighted by Gasteiger charge is -2.32. The largest absolute Gasteiger partial charge is 0.361 e. The molecular formula is C21H24N6O2. The van der Waals surface area contributed by atoms with Crippen LogP contribution < -0.4 is 0 Å². The highest BCUT2D eigenvalue weighted by Crippen LogP contribution is 2.27. The Labute approximate surface area is 169 Å². The smallest absolute Gasteiger partial charge is 0.272 e. The summed E-state index contributed by atoms with van der Waals surface area (Å²) in [5.41, 5.74) is 3.99. The van der Waals surface area contributed by atoms with Crippen LogP contribution in [0.2, 0.25) is 0 Å². The van der Waals surface area contributed by atoms with E-state index in [0.29, 0.717) is 24.0 Å². The molecule has 4 heterocycles. The Morgan fingerprint density at radius 1 is 1.24 bits per heavy atom. The molecule has 1 atom stereocenters. The number of amides is 1. The maximum Gasteiger partial charge on any atom is 0.272 e. The number of piperidine rings is 1. The molecule has 0 N–H and O–H groups in total. The van der Waals surface area contributed by atoms with Crippen LogP contribution in [0.25, 0.3) is 11.3 Å². The van der Waals surface area contributed by atoms with Crippen molar-refractivity contribution in [2.45, 2.75) is 40.0 Å². The molecule has 1 unspecified atom stereocenters. The molecule has 4 rings (SSSR count). The van der Waals surface area contributed by atoms with Crippen LogP contribution in [0, 0.1) is 26.7 Å². The summed E-state index contributed by atoms with van der Waals surface area (Å²) in [6.45, 7) is 7.05. The number of carbonyl (C=O) groups excluding carboxylic acids is 1. The highest BCUT2D eigenvalue weighted by molar-refractivity contribution is 5.92. The number of aryl methyl sites for hydroxylation is 3. The van der Waals surface area contributed by atoms with Gasteiger partial charge in [-0.05, 0) is 58.1 Å². The molecule has 0 aromatic carbocycles. The normalized spacial score (nSPS) is 16.8. The van der Waals surface area contributed by atoms with Crippen molar-refractivity contribution in [3.63, 3.8) is 0 Å². The Kier molecular flexibility index (Phi) is 5.33. The van der Waals surface area contributed by atoms with E-state index in [9.17, 15) is 4.79 Å². The predicted octanol–water partition coefficient (Wildman–Crippen LogP) is 2.94. The van der Waals surface area contributed by atoms with Gasteiger partial charge < -0.3 is 9.42 Å². The van der Waals surface area contributed by atoms with Crippen LogP contribution in [0.3, 0.4) is 0 Å². The standard InChI is InChI=1S/C21H24N6O2/c1-13-20(14(2)29-26-13)19-10-17(23-12-24-19)9-16-5-4-8-27(11-16)21(28)18-6-7-22-15(3)25-18/h6-7,10,12,16H,4-5,8-9,11H2,1-3H3. The maximum atomic E-state index is 12.8. The average Bonchev–Trinajstić information content (AvgIpc) is 3.06. The third-order valence-corrected chi connectivity index (χ3v) is 5.31. The van der Waals surface area contributed by atoms with E-state index >= 15 is 0 Å². The van der Waals surface area contributed by atoms with E-state index in [1.807, 2.05) is 24.8 Å². The van der Waals surface area contributed by atoms with Gasteiger partial charge in [-0.25, -0.2) is 19.9 Å². The van der Waals surface area contributed by atoms with E-state index in [4.69, 9.17) is 4.52 Å². The van der Waals surface area contributed by atoms with Crippen molar-refractivity contribution in [1.82, 2.24) is 30.0 Å². The van der Waals surface area contributed by atoms with Gasteiger partial charge in [0.15, 0.2) is 0 Å². The first-order valence-electron chi connectivity index (χ1n) is 9.84. The molecule has 3 aromatic rings. The van der Waals surface area contributed by atoms with Gasteiger partial charge >= 0.3 is 0 Å². The molecule has 0 radical (unpaired) electrons. The van der Waals surface area contributed by atoms with E-state index in [1.165, 1.54) is 0 Å². The summed E-state index contributed by atoms with van der Waals surface area (Å²) < 4.78 is 5.27. The number of nitrogens with zero attached hydrogens (tertiary/aromatic N) is 6. The predicted molar refractivity (Wildman–Crippen MR) is 106 cm³/mol. The summed E-state index contributed by atoms with van der Waals surface area (Å²) in [5.74, 6) is 1.68. The number of carbonyl (C=O) groups is 1. The zero-order valence-corrected chi connectivity index (χ0v) is 16.9. The van der Waals surface area contributed by atoms with Gasteiger partial charge in [0.05, 0.1) is 17.0 Å². The molecule has 150 valence electrons. The average molecular weight is 392 g/mol. The van der Waals surface area contributed by atoms with E-state index < -0.39 is 0 Å². The van der Waals surface area contributed by atoms with Gasteiger partial charge in [-0.1, -0.05) is 5.16 Å². The van der Waals surface area contributed by atoms with E-state index in [0.717, 1.165) is 54.2 Å². The van der Waals surface area contributed by atoms with E-state index in [-0.39, 0.29) is 5.91 Å². The minimum atomic E-state index is -0.0284. The topological polar surface area (TPSA) is 97.9 Å². The van der Waals surface area contributed by atoms with Crippen molar-refractivity contribution < 1.29 is 9.32 Å². The SMILES string of the molecule is Cc1nccc(C(=O)N2CCCC(Cc3cc(-c4c(C)noc4C)ncn3)C2)n1. The molecule has 8 heteroatoms. The summed E-state index contributed by atoms with van der Waals surface area (Å²) in [4.78, 5) is 31.9. The van der Waals surface area contributed by atoms with Crippen molar-refractivity contribution >= 4 is 5.91 Å². The Bertz CT molecular complexity index is 1010. The molecule has 0 saturated carbocycles. The van der Waals surface area contributed by atoms with Crippen molar-refractivity contribution in [3.05, 3.63) is 53.3 Å². The molecule has 0 spiro atoms. The molecule has 1 aliphatic rings. The van der Waals surface area contributed by atoms with Gasteiger partial charge in [0.25, 0.3) is 5.91 Å². The zero-order valence-electron chi connectivity index (χ0n) is 16.9. The minimum Gasteiger partial charge on any atom is -0.361 e. The second-order valence-electron chi connectivity index (χ2n) is 7.55. The maximum absolute atomic E-state index is 12.8. The quantitative estimate of drug-likeness (QED) is 0.673. The van der Waals surface area contributed by atoms with Gasteiger partial charge in [0.1, 0.15) is 23.6 Å². The van der Waals surface area contributed by atoms with Gasteiger partial charge in [0.2, 0.25) is 0 Å². The molecule has 1 amide bonds. The zero-order chi connectivity index (χ0) is 20.4. The highest BCUT2D eigenvalue weighted by Gasteiger charge is 2.26. The Balaban J connectivity index is 1.47. The third kappa shape index (κ3) is 4.16. The van der Waals surface area contributed by atoms with Crippen LogP contribution in [-0.2, 0) is 6.42 Å². The first-order valence-corrected chi connectivity index (χ1v) is 9.84. The molecule has 8 nitrogen and oxygen atoms in total. The fourth-order valence-electron chi connectivity index (χ4n) is 3.94. The fourth-order valence-corrected chi connectivity index (χ4v) is 3.94. The molecule has 1 aliphatic heterocycles. The van der Waals surface area contributed by atoms with E-state index in [1.54, 1.807) is 25.5 Å². The molecule has 0 aliphatic carbocycles. The van der Waals surface area contributed by atoms with Crippen molar-refractivity contribution in [2.24, 2.45) is 5.92 Å². The van der Waals surface area contributed by atoms with Gasteiger partial charge in [-0.2, -0.15) is 0 Å². The minimum absolute atomic E-state index is 0.0284. The van der Waals surface area contributed by atoms with Crippen molar-refractivity contribution in [2.75, 3.05) is 13.1 Å². The summed E-state index contributed by atoms with van der Waals surface area (Å²) in [6.07, 6.45) is 6.06. The Hall–Kier alpha value is -3.16. The Morgan fingerprint density at radius 2 is 2.10 bits per heavy atom. The summed E-state index contributed by atoms with van der Waals surface area (Å²) in [7, 11) is 0. The first kappa shape index (κ1) is 19.2. The van der Waals surface area contributed by atoms with Crippen LogP contribution >= 0.6 is 0 Å². The van der Waals surface area contributed by atoms with Crippen molar-refractivity contribution in [3.8, 4) is 11.3 Å². The molecule has 1 saturated heterocycles. The number of likely N-dealkylation sites (tertiary alicyclic amines) is 1. The van der Waals surface area contributed by atoms with Crippen LogP contribution in [0.4, 0.5) is 0 Å². The summed E-state index contributed by atoms with van der Waals surface area (Å²) in [6, 6.07) is 3.68. The van der Waals surface area contributed by atoms with Crippen LogP contribution in [0.15, 0.2) is 29.2 Å². The second kappa shape index (κ2) is 8.06. The number of rotatable bonds is 4. The monoisotopic (exact) mass is 392 g/mol. The molecular weight excluding hydrogens is 368 g/mol. The van der Waals surface area contributed by atoms with Crippen molar-refractivity contribution in [1.29, 1.82) is 0 Å².